The molecular formula is C24H29FN4. The number of hydrogen-bond acceptors (Lipinski definition) is 3. The molecule has 1 aliphatic heterocycles. The van der Waals surface area contributed by atoms with Gasteiger partial charge in [-0.3, -0.25) is 0 Å². The van der Waals surface area contributed by atoms with E-state index < -0.39 is 0 Å². The lowest BCUT2D eigenvalue weighted by atomic mass is 9.91. The summed E-state index contributed by atoms with van der Waals surface area (Å²) in [6.45, 7) is 6.51. The lowest BCUT2D eigenvalue weighted by Crippen LogP contribution is -2.33. The number of hydrogen-bond donors (Lipinski definition) is 2. The lowest BCUT2D eigenvalue weighted by Gasteiger charge is -2.35. The number of rotatable bonds is 5. The van der Waals surface area contributed by atoms with E-state index in [9.17, 15) is 4.39 Å². The zero-order chi connectivity index (χ0) is 20.4. The number of aromatic nitrogens is 2. The van der Waals surface area contributed by atoms with Crippen molar-refractivity contribution >= 4 is 5.69 Å². The maximum Gasteiger partial charge on any atom is 0.126 e. The van der Waals surface area contributed by atoms with Crippen LogP contribution in [0.25, 0.3) is 11.1 Å². The molecule has 4 nitrogen and oxygen atoms in total. The SMILES string of the molecule is Cc1cc(-c2ccc(CCN)cc2N2CCC(c3nc[nH]c3C)CC2)ccc1F. The third kappa shape index (κ3) is 4.06. The molecule has 0 saturated carbocycles. The first-order valence-electron chi connectivity index (χ1n) is 10.4. The second-order valence-electron chi connectivity index (χ2n) is 8.03. The Bertz CT molecular complexity index is 986. The number of nitrogens with one attached hydrogen (secondary N) is 1. The van der Waals surface area contributed by atoms with Crippen molar-refractivity contribution in [1.29, 1.82) is 0 Å². The first-order chi connectivity index (χ1) is 14.1. The van der Waals surface area contributed by atoms with Gasteiger partial charge in [-0.2, -0.15) is 0 Å². The van der Waals surface area contributed by atoms with Gasteiger partial charge in [0.15, 0.2) is 0 Å². The Balaban J connectivity index is 1.64. The maximum absolute atomic E-state index is 13.8. The Morgan fingerprint density at radius 1 is 1.14 bits per heavy atom. The zero-order valence-corrected chi connectivity index (χ0v) is 17.2. The van der Waals surface area contributed by atoms with Crippen molar-refractivity contribution < 1.29 is 4.39 Å². The molecule has 0 unspecified atom stereocenters. The van der Waals surface area contributed by atoms with Crippen LogP contribution in [0.3, 0.4) is 0 Å². The second-order valence-corrected chi connectivity index (χ2v) is 8.03. The van der Waals surface area contributed by atoms with Crippen molar-refractivity contribution in [1.82, 2.24) is 9.97 Å². The number of benzene rings is 2. The van der Waals surface area contributed by atoms with Gasteiger partial charge >= 0.3 is 0 Å². The number of halogens is 1. The molecule has 152 valence electrons. The van der Waals surface area contributed by atoms with Gasteiger partial charge in [-0.1, -0.05) is 18.2 Å². The number of nitrogens with two attached hydrogens (primary N) is 1. The average molecular weight is 393 g/mol. The third-order valence-electron chi connectivity index (χ3n) is 6.06. The van der Waals surface area contributed by atoms with Gasteiger partial charge in [0, 0.05) is 36.0 Å². The number of H-pyrrole nitrogens is 1. The van der Waals surface area contributed by atoms with Gasteiger partial charge in [0.2, 0.25) is 0 Å². The van der Waals surface area contributed by atoms with E-state index in [0.29, 0.717) is 18.0 Å². The van der Waals surface area contributed by atoms with Crippen LogP contribution in [-0.2, 0) is 6.42 Å². The number of aromatic amines is 1. The van der Waals surface area contributed by atoms with E-state index in [1.807, 2.05) is 19.1 Å². The monoisotopic (exact) mass is 392 g/mol. The summed E-state index contributed by atoms with van der Waals surface area (Å²) in [6, 6.07) is 12.0. The molecule has 0 atom stereocenters. The minimum Gasteiger partial charge on any atom is -0.371 e. The van der Waals surface area contributed by atoms with Crippen LogP contribution in [0.1, 0.15) is 41.3 Å². The largest absolute Gasteiger partial charge is 0.371 e. The number of piperidine rings is 1. The highest BCUT2D eigenvalue weighted by atomic mass is 19.1. The normalized spacial score (nSPS) is 15.1. The lowest BCUT2D eigenvalue weighted by molar-refractivity contribution is 0.496. The van der Waals surface area contributed by atoms with E-state index in [-0.39, 0.29) is 5.82 Å². The molecule has 29 heavy (non-hydrogen) atoms. The second kappa shape index (κ2) is 8.37. The summed E-state index contributed by atoms with van der Waals surface area (Å²) in [5, 5.41) is 0. The fourth-order valence-corrected chi connectivity index (χ4v) is 4.39. The van der Waals surface area contributed by atoms with Gasteiger partial charge in [-0.15, -0.1) is 0 Å². The van der Waals surface area contributed by atoms with Crippen molar-refractivity contribution in [2.75, 3.05) is 24.5 Å². The molecule has 5 heteroatoms. The molecular weight excluding hydrogens is 363 g/mol. The quantitative estimate of drug-likeness (QED) is 0.661. The van der Waals surface area contributed by atoms with Crippen LogP contribution in [-0.4, -0.2) is 29.6 Å². The maximum atomic E-state index is 13.8. The summed E-state index contributed by atoms with van der Waals surface area (Å²) in [7, 11) is 0. The van der Waals surface area contributed by atoms with Gasteiger partial charge < -0.3 is 15.6 Å². The predicted octanol–water partition coefficient (Wildman–Crippen LogP) is 4.72. The zero-order valence-electron chi connectivity index (χ0n) is 17.2. The number of aryl methyl sites for hydroxylation is 2. The minimum atomic E-state index is -0.162. The van der Waals surface area contributed by atoms with Crippen LogP contribution in [0.4, 0.5) is 10.1 Å². The summed E-state index contributed by atoms with van der Waals surface area (Å²) in [5.74, 6) is 0.339. The summed E-state index contributed by atoms with van der Waals surface area (Å²) in [4.78, 5) is 10.2. The van der Waals surface area contributed by atoms with Crippen LogP contribution in [0.2, 0.25) is 0 Å². The van der Waals surface area contributed by atoms with Crippen LogP contribution < -0.4 is 10.6 Å². The molecule has 0 amide bonds. The Morgan fingerprint density at radius 3 is 2.59 bits per heavy atom. The number of imidazole rings is 1. The average Bonchev–Trinajstić information content (AvgIpc) is 3.16. The molecule has 0 bridgehead atoms. The summed E-state index contributed by atoms with van der Waals surface area (Å²) in [5.41, 5.74) is 13.5. The Hall–Kier alpha value is -2.66. The molecule has 3 aromatic rings. The smallest absolute Gasteiger partial charge is 0.126 e. The van der Waals surface area contributed by atoms with Gasteiger partial charge in [0.05, 0.1) is 12.0 Å². The van der Waals surface area contributed by atoms with Crippen LogP contribution in [0.5, 0.6) is 0 Å². The van der Waals surface area contributed by atoms with Gasteiger partial charge in [0.25, 0.3) is 0 Å². The standard InChI is InChI=1S/C24H29FN4/c1-16-13-20(4-6-22(16)25)21-5-3-18(7-10-26)14-23(21)29-11-8-19(9-12-29)24-17(2)27-15-28-24/h3-6,13-15,19H,7-12,26H2,1-2H3,(H,27,28). The Morgan fingerprint density at radius 2 is 1.93 bits per heavy atom. The van der Waals surface area contributed by atoms with E-state index in [2.05, 4.69) is 40.0 Å². The highest BCUT2D eigenvalue weighted by molar-refractivity contribution is 5.79. The van der Waals surface area contributed by atoms with E-state index in [1.54, 1.807) is 12.4 Å². The highest BCUT2D eigenvalue weighted by Gasteiger charge is 2.25. The first kappa shape index (κ1) is 19.6. The van der Waals surface area contributed by atoms with E-state index in [1.165, 1.54) is 22.6 Å². The molecule has 0 radical (unpaired) electrons. The van der Waals surface area contributed by atoms with Gasteiger partial charge in [0.1, 0.15) is 5.82 Å². The fourth-order valence-electron chi connectivity index (χ4n) is 4.39. The molecule has 1 aliphatic rings. The summed E-state index contributed by atoms with van der Waals surface area (Å²) < 4.78 is 13.8. The van der Waals surface area contributed by atoms with Crippen LogP contribution in [0.15, 0.2) is 42.7 Å². The van der Waals surface area contributed by atoms with E-state index >= 15 is 0 Å². The van der Waals surface area contributed by atoms with Crippen molar-refractivity contribution in [3.05, 3.63) is 71.1 Å². The Labute approximate surface area is 172 Å². The molecule has 2 heterocycles. The van der Waals surface area contributed by atoms with E-state index in [0.717, 1.165) is 43.5 Å². The number of nitrogens with zero attached hydrogens (tertiary/aromatic N) is 2. The van der Waals surface area contributed by atoms with Crippen molar-refractivity contribution in [2.45, 2.75) is 39.0 Å². The molecule has 0 spiro atoms. The van der Waals surface area contributed by atoms with Crippen LogP contribution in [0, 0.1) is 19.7 Å². The molecule has 2 aromatic carbocycles. The molecule has 3 N–H and O–H groups in total. The van der Waals surface area contributed by atoms with Crippen molar-refractivity contribution in [2.24, 2.45) is 5.73 Å². The third-order valence-corrected chi connectivity index (χ3v) is 6.06. The highest BCUT2D eigenvalue weighted by Crippen LogP contribution is 2.37. The topological polar surface area (TPSA) is 57.9 Å². The van der Waals surface area contributed by atoms with Crippen molar-refractivity contribution in [3.63, 3.8) is 0 Å². The van der Waals surface area contributed by atoms with Gasteiger partial charge in [-0.05, 0) is 74.5 Å². The van der Waals surface area contributed by atoms with E-state index in [4.69, 9.17) is 5.73 Å². The molecule has 4 rings (SSSR count). The molecule has 1 fully saturated rings. The summed E-state index contributed by atoms with van der Waals surface area (Å²) in [6.07, 6.45) is 4.81. The summed E-state index contributed by atoms with van der Waals surface area (Å²) >= 11 is 0. The Kier molecular flexibility index (Phi) is 5.67. The molecule has 1 saturated heterocycles. The number of anilines is 1. The first-order valence-corrected chi connectivity index (χ1v) is 10.4. The fraction of sp³-hybridized carbons (Fsp3) is 0.375. The molecule has 1 aromatic heterocycles. The predicted molar refractivity (Wildman–Crippen MR) is 117 cm³/mol. The minimum absolute atomic E-state index is 0.162. The van der Waals surface area contributed by atoms with Crippen LogP contribution >= 0.6 is 0 Å². The van der Waals surface area contributed by atoms with Gasteiger partial charge in [-0.25, -0.2) is 9.37 Å². The van der Waals surface area contributed by atoms with Crippen molar-refractivity contribution in [3.8, 4) is 11.1 Å². The molecule has 0 aliphatic carbocycles.